The normalized spacial score (nSPS) is 9.83. The molecule has 0 spiro atoms. The van der Waals surface area contributed by atoms with Crippen LogP contribution in [-0.2, 0) is 4.79 Å². The van der Waals surface area contributed by atoms with Gasteiger partial charge < -0.3 is 0 Å². The monoisotopic (exact) mass is 356 g/mol. The van der Waals surface area contributed by atoms with Gasteiger partial charge in [-0.05, 0) is 19.4 Å². The standard InChI is InChI=1S/C12H9F5OS.2C2H6/c1-6(18)4-2-3-5-19-12-10(16)8(14)7(13)9(15)11(12)17;2*1-2/h2,4H,3,5H2,1H3;2*1-2H3/b4-2+;;. The first-order valence-corrected chi connectivity index (χ1v) is 8.16. The minimum Gasteiger partial charge on any atom is -0.295 e. The van der Waals surface area contributed by atoms with Gasteiger partial charge in [-0.3, -0.25) is 4.79 Å². The molecule has 0 amide bonds. The van der Waals surface area contributed by atoms with Gasteiger partial charge in [-0.15, -0.1) is 11.8 Å². The fourth-order valence-corrected chi connectivity index (χ4v) is 2.08. The molecule has 0 N–H and O–H groups in total. The molecule has 23 heavy (non-hydrogen) atoms. The summed E-state index contributed by atoms with van der Waals surface area (Å²) in [7, 11) is 0. The van der Waals surface area contributed by atoms with Crippen molar-refractivity contribution >= 4 is 17.5 Å². The van der Waals surface area contributed by atoms with Crippen LogP contribution < -0.4 is 0 Å². The summed E-state index contributed by atoms with van der Waals surface area (Å²) in [5, 5.41) is 0. The Morgan fingerprint density at radius 3 is 1.65 bits per heavy atom. The Bertz CT molecular complexity index is 501. The molecule has 0 aliphatic carbocycles. The van der Waals surface area contributed by atoms with Crippen LogP contribution in [-0.4, -0.2) is 11.5 Å². The number of rotatable bonds is 5. The molecule has 0 bridgehead atoms. The highest BCUT2D eigenvalue weighted by Crippen LogP contribution is 2.31. The Morgan fingerprint density at radius 1 is 0.870 bits per heavy atom. The third-order valence-corrected chi connectivity index (χ3v) is 3.14. The molecule has 0 unspecified atom stereocenters. The van der Waals surface area contributed by atoms with E-state index in [9.17, 15) is 26.7 Å². The van der Waals surface area contributed by atoms with E-state index in [0.717, 1.165) is 0 Å². The summed E-state index contributed by atoms with van der Waals surface area (Å²) in [5.41, 5.74) is 0. The predicted molar refractivity (Wildman–Crippen MR) is 84.1 cm³/mol. The summed E-state index contributed by atoms with van der Waals surface area (Å²) >= 11 is 0.503. The van der Waals surface area contributed by atoms with Crippen LogP contribution in [0, 0.1) is 29.1 Å². The molecule has 1 nitrogen and oxygen atoms in total. The van der Waals surface area contributed by atoms with Crippen LogP contribution in [0.5, 0.6) is 0 Å². The summed E-state index contributed by atoms with van der Waals surface area (Å²) in [4.78, 5) is 9.65. The van der Waals surface area contributed by atoms with E-state index in [4.69, 9.17) is 0 Å². The highest BCUT2D eigenvalue weighted by Gasteiger charge is 2.25. The first kappa shape index (κ1) is 23.9. The zero-order valence-electron chi connectivity index (χ0n) is 13.8. The van der Waals surface area contributed by atoms with Crippen molar-refractivity contribution in [3.63, 3.8) is 0 Å². The van der Waals surface area contributed by atoms with Crippen molar-refractivity contribution in [2.45, 2.75) is 45.9 Å². The summed E-state index contributed by atoms with van der Waals surface area (Å²) in [5.74, 6) is -9.87. The van der Waals surface area contributed by atoms with E-state index in [2.05, 4.69) is 0 Å². The Balaban J connectivity index is 0. The lowest BCUT2D eigenvalue weighted by Gasteiger charge is -2.06. The molecule has 132 valence electrons. The Labute approximate surface area is 138 Å². The Hall–Kier alpha value is -1.37. The molecule has 0 fully saturated rings. The van der Waals surface area contributed by atoms with Gasteiger partial charge in [0.1, 0.15) is 0 Å². The number of hydrogen-bond donors (Lipinski definition) is 0. The van der Waals surface area contributed by atoms with Crippen LogP contribution in [0.4, 0.5) is 22.0 Å². The number of allylic oxidation sites excluding steroid dienone is 2. The van der Waals surface area contributed by atoms with Crippen molar-refractivity contribution in [3.05, 3.63) is 41.2 Å². The highest BCUT2D eigenvalue weighted by molar-refractivity contribution is 7.99. The molecule has 0 aliphatic heterocycles. The molecule has 0 saturated carbocycles. The molecule has 0 radical (unpaired) electrons. The van der Waals surface area contributed by atoms with Crippen LogP contribution >= 0.6 is 11.8 Å². The van der Waals surface area contributed by atoms with Crippen LogP contribution in [0.25, 0.3) is 0 Å². The Morgan fingerprint density at radius 2 is 1.26 bits per heavy atom. The first-order valence-electron chi connectivity index (χ1n) is 7.17. The van der Waals surface area contributed by atoms with Gasteiger partial charge >= 0.3 is 0 Å². The molecule has 1 rings (SSSR count). The molecular formula is C16H21F5OS. The van der Waals surface area contributed by atoms with Gasteiger partial charge in [0.15, 0.2) is 29.1 Å². The fourth-order valence-electron chi connectivity index (χ4n) is 1.19. The van der Waals surface area contributed by atoms with Crippen molar-refractivity contribution < 1.29 is 26.7 Å². The topological polar surface area (TPSA) is 17.1 Å². The second kappa shape index (κ2) is 13.1. The van der Waals surface area contributed by atoms with E-state index >= 15 is 0 Å². The van der Waals surface area contributed by atoms with Gasteiger partial charge in [-0.25, -0.2) is 22.0 Å². The number of benzene rings is 1. The van der Waals surface area contributed by atoms with Crippen LogP contribution in [0.1, 0.15) is 41.0 Å². The van der Waals surface area contributed by atoms with Crippen LogP contribution in [0.15, 0.2) is 17.0 Å². The van der Waals surface area contributed by atoms with Gasteiger partial charge in [0, 0.05) is 5.75 Å². The van der Waals surface area contributed by atoms with Crippen molar-refractivity contribution in [2.75, 3.05) is 5.75 Å². The van der Waals surface area contributed by atoms with E-state index in [1.807, 2.05) is 27.7 Å². The van der Waals surface area contributed by atoms with Gasteiger partial charge in [0.2, 0.25) is 5.82 Å². The predicted octanol–water partition coefficient (Wildman–Crippen LogP) is 6.06. The molecular weight excluding hydrogens is 335 g/mol. The van der Waals surface area contributed by atoms with E-state index in [-0.39, 0.29) is 18.0 Å². The number of halogens is 5. The summed E-state index contributed by atoms with van der Waals surface area (Å²) in [6, 6.07) is 0. The second-order valence-electron chi connectivity index (χ2n) is 3.55. The van der Waals surface area contributed by atoms with Crippen molar-refractivity contribution in [3.8, 4) is 0 Å². The molecule has 0 saturated heterocycles. The smallest absolute Gasteiger partial charge is 0.200 e. The van der Waals surface area contributed by atoms with Gasteiger partial charge in [-0.2, -0.15) is 0 Å². The Kier molecular flexibility index (Phi) is 13.6. The third kappa shape index (κ3) is 7.63. The quantitative estimate of drug-likeness (QED) is 0.159. The average Bonchev–Trinajstić information content (AvgIpc) is 2.57. The van der Waals surface area contributed by atoms with Gasteiger partial charge in [0.05, 0.1) is 4.90 Å². The van der Waals surface area contributed by atoms with Crippen molar-refractivity contribution in [1.82, 2.24) is 0 Å². The molecule has 0 aliphatic rings. The average molecular weight is 356 g/mol. The number of ketones is 1. The number of carbonyl (C=O) groups is 1. The number of thioether (sulfide) groups is 1. The third-order valence-electron chi connectivity index (χ3n) is 2.05. The van der Waals surface area contributed by atoms with E-state index in [0.29, 0.717) is 11.8 Å². The fraction of sp³-hybridized carbons (Fsp3) is 0.438. The maximum absolute atomic E-state index is 13.2. The SMILES string of the molecule is CC.CC.CC(=O)/C=C/CCSc1c(F)c(F)c(F)c(F)c1F. The van der Waals surface area contributed by atoms with Gasteiger partial charge in [-0.1, -0.05) is 33.8 Å². The molecule has 1 aromatic carbocycles. The molecule has 0 aromatic heterocycles. The second-order valence-corrected chi connectivity index (χ2v) is 4.65. The lowest BCUT2D eigenvalue weighted by atomic mass is 10.3. The van der Waals surface area contributed by atoms with Crippen LogP contribution in [0.3, 0.4) is 0 Å². The summed E-state index contributed by atoms with van der Waals surface area (Å²) < 4.78 is 64.9. The summed E-state index contributed by atoms with van der Waals surface area (Å²) in [6.45, 7) is 9.33. The number of hydrogen-bond acceptors (Lipinski definition) is 2. The summed E-state index contributed by atoms with van der Waals surface area (Å²) in [6.07, 6.45) is 2.99. The lowest BCUT2D eigenvalue weighted by molar-refractivity contribution is -0.112. The largest absolute Gasteiger partial charge is 0.295 e. The van der Waals surface area contributed by atoms with Gasteiger partial charge in [0.25, 0.3) is 0 Å². The highest BCUT2D eigenvalue weighted by atomic mass is 32.2. The maximum atomic E-state index is 13.2. The molecule has 1 aromatic rings. The van der Waals surface area contributed by atoms with E-state index in [1.54, 1.807) is 0 Å². The number of carbonyl (C=O) groups excluding carboxylic acids is 1. The first-order chi connectivity index (χ1) is 10.9. The zero-order chi connectivity index (χ0) is 18.6. The van der Waals surface area contributed by atoms with Crippen LogP contribution in [0.2, 0.25) is 0 Å². The van der Waals surface area contributed by atoms with E-state index < -0.39 is 34.0 Å². The lowest BCUT2D eigenvalue weighted by Crippen LogP contribution is -2.03. The molecule has 7 heteroatoms. The molecule has 0 atom stereocenters. The minimum atomic E-state index is -2.17. The zero-order valence-corrected chi connectivity index (χ0v) is 14.6. The van der Waals surface area contributed by atoms with Crippen molar-refractivity contribution in [1.29, 1.82) is 0 Å². The molecule has 0 heterocycles. The minimum absolute atomic E-state index is 0.0854. The van der Waals surface area contributed by atoms with Crippen molar-refractivity contribution in [2.24, 2.45) is 0 Å². The van der Waals surface area contributed by atoms with E-state index in [1.165, 1.54) is 19.1 Å². The maximum Gasteiger partial charge on any atom is 0.200 e.